The van der Waals surface area contributed by atoms with Gasteiger partial charge in [-0.2, -0.15) is 0 Å². The van der Waals surface area contributed by atoms with E-state index in [1.54, 1.807) is 11.8 Å². The summed E-state index contributed by atoms with van der Waals surface area (Å²) in [6, 6.07) is 10.4. The van der Waals surface area contributed by atoms with Gasteiger partial charge in [0.15, 0.2) is 11.5 Å². The molecule has 184 valence electrons. The molecule has 5 rings (SSSR count). The van der Waals surface area contributed by atoms with Crippen molar-refractivity contribution in [3.63, 3.8) is 0 Å². The van der Waals surface area contributed by atoms with Crippen molar-refractivity contribution in [2.45, 2.75) is 44.2 Å². The van der Waals surface area contributed by atoms with E-state index in [2.05, 4.69) is 5.32 Å². The number of amides is 4. The monoisotopic (exact) mass is 481 g/mol. The fraction of sp³-hybridized carbons (Fsp3) is 0.423. The molecule has 4 amide bonds. The Labute approximate surface area is 203 Å². The first kappa shape index (κ1) is 23.1. The van der Waals surface area contributed by atoms with Gasteiger partial charge in [-0.3, -0.25) is 14.5 Å². The van der Waals surface area contributed by atoms with Crippen molar-refractivity contribution in [1.29, 1.82) is 0 Å². The number of carbonyl (C=O) groups excluding carboxylic acids is 3. The molecule has 2 saturated heterocycles. The Balaban J connectivity index is 1.34. The normalized spacial score (nSPS) is 23.9. The van der Waals surface area contributed by atoms with Crippen LogP contribution in [0.25, 0.3) is 0 Å². The molecule has 0 aliphatic carbocycles. The number of ether oxygens (including phenoxy) is 2. The van der Waals surface area contributed by atoms with Gasteiger partial charge in [0, 0.05) is 13.0 Å². The highest BCUT2D eigenvalue weighted by atomic mass is 19.1. The number of fused-ring (bicyclic) bond motifs is 1. The Morgan fingerprint density at radius 3 is 2.57 bits per heavy atom. The third kappa shape index (κ3) is 4.09. The molecule has 0 radical (unpaired) electrons. The first-order valence-electron chi connectivity index (χ1n) is 12.0. The van der Waals surface area contributed by atoms with Crippen LogP contribution in [0.15, 0.2) is 42.5 Å². The molecule has 2 fully saturated rings. The molecule has 3 heterocycles. The van der Waals surface area contributed by atoms with E-state index >= 15 is 0 Å². The Morgan fingerprint density at radius 1 is 1.09 bits per heavy atom. The van der Waals surface area contributed by atoms with Crippen LogP contribution in [0.5, 0.6) is 11.5 Å². The number of hydrogen-bond acceptors (Lipinski definition) is 5. The van der Waals surface area contributed by atoms with Gasteiger partial charge in [-0.1, -0.05) is 25.1 Å². The molecule has 3 aliphatic heterocycles. The fourth-order valence-corrected chi connectivity index (χ4v) is 5.17. The van der Waals surface area contributed by atoms with Crippen LogP contribution in [-0.4, -0.2) is 53.9 Å². The van der Waals surface area contributed by atoms with Gasteiger partial charge >= 0.3 is 6.03 Å². The smallest absolute Gasteiger partial charge is 0.325 e. The minimum absolute atomic E-state index is 0.173. The number of hydrogen-bond donors (Lipinski definition) is 1. The van der Waals surface area contributed by atoms with Crippen LogP contribution in [-0.2, 0) is 15.1 Å². The standard InChI is InChI=1S/C26H28FN3O5/c1-2-26(18-7-9-19(27)10-8-18)24(32)30(25(33)28-26)16-23(31)29-12-3-5-20(29)17-6-11-21-22(15-17)35-14-4-13-34-21/h6-11,15,20H,2-5,12-14,16H2,1H3,(H,28,33)/t20-,26-/m1/s1. The molecule has 2 aromatic carbocycles. The molecule has 2 atom stereocenters. The van der Waals surface area contributed by atoms with Gasteiger partial charge in [-0.25, -0.2) is 9.18 Å². The van der Waals surface area contributed by atoms with E-state index in [0.29, 0.717) is 36.8 Å². The predicted molar refractivity (Wildman–Crippen MR) is 124 cm³/mol. The summed E-state index contributed by atoms with van der Waals surface area (Å²) in [5.41, 5.74) is 0.108. The van der Waals surface area contributed by atoms with Gasteiger partial charge < -0.3 is 19.7 Å². The van der Waals surface area contributed by atoms with Gasteiger partial charge in [0.25, 0.3) is 5.91 Å². The summed E-state index contributed by atoms with van der Waals surface area (Å²) in [5, 5.41) is 2.75. The van der Waals surface area contributed by atoms with E-state index in [-0.39, 0.29) is 24.9 Å². The Bertz CT molecular complexity index is 1150. The van der Waals surface area contributed by atoms with Gasteiger partial charge in [-0.05, 0) is 54.7 Å². The SMILES string of the molecule is CC[C@]1(c2ccc(F)cc2)NC(=O)N(CC(=O)N2CCC[C@@H]2c2ccc3c(c2)OCCCO3)C1=O. The van der Waals surface area contributed by atoms with Crippen LogP contribution >= 0.6 is 0 Å². The summed E-state index contributed by atoms with van der Waals surface area (Å²) in [6.07, 6.45) is 2.68. The lowest BCUT2D eigenvalue weighted by molar-refractivity contribution is -0.139. The van der Waals surface area contributed by atoms with Gasteiger partial charge in [-0.15, -0.1) is 0 Å². The molecule has 3 aliphatic rings. The lowest BCUT2D eigenvalue weighted by atomic mass is 9.87. The number of nitrogens with one attached hydrogen (secondary N) is 1. The van der Waals surface area contributed by atoms with Gasteiger partial charge in [0.2, 0.25) is 5.91 Å². The summed E-state index contributed by atoms with van der Waals surface area (Å²) in [5.74, 6) is 0.127. The molecule has 2 aromatic rings. The van der Waals surface area contributed by atoms with E-state index in [9.17, 15) is 18.8 Å². The van der Waals surface area contributed by atoms with Crippen molar-refractivity contribution in [1.82, 2.24) is 15.1 Å². The summed E-state index contributed by atoms with van der Waals surface area (Å²) in [4.78, 5) is 42.3. The molecule has 0 bridgehead atoms. The quantitative estimate of drug-likeness (QED) is 0.661. The average molecular weight is 482 g/mol. The Hall–Kier alpha value is -3.62. The van der Waals surface area contributed by atoms with Crippen molar-refractivity contribution in [2.75, 3.05) is 26.3 Å². The molecular weight excluding hydrogens is 453 g/mol. The highest BCUT2D eigenvalue weighted by molar-refractivity contribution is 6.09. The number of rotatable bonds is 5. The van der Waals surface area contributed by atoms with E-state index in [1.807, 2.05) is 18.2 Å². The number of halogens is 1. The largest absolute Gasteiger partial charge is 0.490 e. The third-order valence-corrected chi connectivity index (χ3v) is 7.07. The van der Waals surface area contributed by atoms with Crippen molar-refractivity contribution >= 4 is 17.8 Å². The maximum Gasteiger partial charge on any atom is 0.325 e. The molecule has 1 N–H and O–H groups in total. The average Bonchev–Trinajstić information content (AvgIpc) is 3.35. The lowest BCUT2D eigenvalue weighted by Gasteiger charge is -2.28. The van der Waals surface area contributed by atoms with Crippen LogP contribution in [0.4, 0.5) is 9.18 Å². The van der Waals surface area contributed by atoms with E-state index in [0.717, 1.165) is 29.7 Å². The number of benzene rings is 2. The van der Waals surface area contributed by atoms with Crippen molar-refractivity contribution in [3.8, 4) is 11.5 Å². The summed E-state index contributed by atoms with van der Waals surface area (Å²) < 4.78 is 25.0. The molecular formula is C26H28FN3O5. The third-order valence-electron chi connectivity index (χ3n) is 7.07. The van der Waals surface area contributed by atoms with Gasteiger partial charge in [0.1, 0.15) is 17.9 Å². The molecule has 0 unspecified atom stereocenters. The minimum atomic E-state index is -1.32. The number of imide groups is 1. The summed E-state index contributed by atoms with van der Waals surface area (Å²) >= 11 is 0. The zero-order valence-corrected chi connectivity index (χ0v) is 19.6. The Kier molecular flexibility index (Phi) is 6.08. The topological polar surface area (TPSA) is 88.2 Å². The van der Waals surface area contributed by atoms with E-state index in [4.69, 9.17) is 9.47 Å². The summed E-state index contributed by atoms with van der Waals surface area (Å²) in [7, 11) is 0. The van der Waals surface area contributed by atoms with Crippen molar-refractivity contribution in [3.05, 3.63) is 59.4 Å². The summed E-state index contributed by atoms with van der Waals surface area (Å²) in [6.45, 7) is 3.13. The van der Waals surface area contributed by atoms with Gasteiger partial charge in [0.05, 0.1) is 19.3 Å². The maximum atomic E-state index is 13.4. The van der Waals surface area contributed by atoms with Crippen LogP contribution in [0, 0.1) is 5.82 Å². The van der Waals surface area contributed by atoms with E-state index in [1.165, 1.54) is 24.3 Å². The molecule has 8 nitrogen and oxygen atoms in total. The van der Waals surface area contributed by atoms with E-state index < -0.39 is 23.3 Å². The first-order valence-corrected chi connectivity index (χ1v) is 12.0. The number of urea groups is 1. The fourth-order valence-electron chi connectivity index (χ4n) is 5.17. The predicted octanol–water partition coefficient (Wildman–Crippen LogP) is 3.51. The van der Waals surface area contributed by atoms with Crippen molar-refractivity contribution in [2.24, 2.45) is 0 Å². The highest BCUT2D eigenvalue weighted by Gasteiger charge is 2.52. The van der Waals surface area contributed by atoms with Crippen LogP contribution in [0.2, 0.25) is 0 Å². The second-order valence-electron chi connectivity index (χ2n) is 9.09. The zero-order chi connectivity index (χ0) is 24.6. The number of carbonyl (C=O) groups is 3. The lowest BCUT2D eigenvalue weighted by Crippen LogP contribution is -2.45. The van der Waals surface area contributed by atoms with Crippen molar-refractivity contribution < 1.29 is 28.2 Å². The molecule has 0 saturated carbocycles. The molecule has 0 aromatic heterocycles. The second-order valence-corrected chi connectivity index (χ2v) is 9.09. The maximum absolute atomic E-state index is 13.4. The molecule has 9 heteroatoms. The minimum Gasteiger partial charge on any atom is -0.490 e. The highest BCUT2D eigenvalue weighted by Crippen LogP contribution is 2.38. The van der Waals surface area contributed by atoms with Crippen LogP contribution in [0.1, 0.15) is 49.8 Å². The first-order chi connectivity index (χ1) is 16.9. The zero-order valence-electron chi connectivity index (χ0n) is 19.6. The second kappa shape index (κ2) is 9.20. The van der Waals surface area contributed by atoms with Crippen LogP contribution < -0.4 is 14.8 Å². The number of likely N-dealkylation sites (tertiary alicyclic amines) is 1. The molecule has 0 spiro atoms. The number of nitrogens with zero attached hydrogens (tertiary/aromatic N) is 2. The van der Waals surface area contributed by atoms with Crippen LogP contribution in [0.3, 0.4) is 0 Å². The molecule has 35 heavy (non-hydrogen) atoms. The Morgan fingerprint density at radius 2 is 1.83 bits per heavy atom.